The van der Waals surface area contributed by atoms with Crippen molar-refractivity contribution in [2.24, 2.45) is 11.3 Å². The molecule has 154 valence electrons. The van der Waals surface area contributed by atoms with Crippen LogP contribution >= 0.6 is 23.2 Å². The van der Waals surface area contributed by atoms with Crippen LogP contribution in [0.1, 0.15) is 49.1 Å². The number of benzene rings is 2. The number of aromatic hydroxyl groups is 1. The number of rotatable bonds is 4. The average Bonchev–Trinajstić information content (AvgIpc) is 3.00. The molecule has 29 heavy (non-hydrogen) atoms. The Bertz CT molecular complexity index is 914. The number of phenols is 1. The summed E-state index contributed by atoms with van der Waals surface area (Å²) in [5.74, 6) is 0.682. The molecule has 2 fully saturated rings. The van der Waals surface area contributed by atoms with Gasteiger partial charge in [-0.05, 0) is 72.4 Å². The minimum Gasteiger partial charge on any atom is -0.508 e. The summed E-state index contributed by atoms with van der Waals surface area (Å²) in [6.07, 6.45) is 2.92. The third-order valence-corrected chi connectivity index (χ3v) is 7.80. The van der Waals surface area contributed by atoms with Gasteiger partial charge in [0.1, 0.15) is 5.75 Å². The van der Waals surface area contributed by atoms with Gasteiger partial charge in [0, 0.05) is 21.2 Å². The maximum absolute atomic E-state index is 10.2. The van der Waals surface area contributed by atoms with Gasteiger partial charge in [-0.3, -0.25) is 0 Å². The fourth-order valence-corrected chi connectivity index (χ4v) is 6.31. The zero-order valence-electron chi connectivity index (χ0n) is 16.5. The maximum Gasteiger partial charge on any atom is 0.117 e. The molecule has 3 nitrogen and oxygen atoms in total. The highest BCUT2D eigenvalue weighted by Gasteiger charge is 2.57. The highest BCUT2D eigenvalue weighted by atomic mass is 35.5. The molecule has 1 saturated carbocycles. The average molecular weight is 432 g/mol. The molecule has 0 aromatic heterocycles. The predicted octanol–water partition coefficient (Wildman–Crippen LogP) is 5.85. The van der Waals surface area contributed by atoms with Crippen LogP contribution in [0.5, 0.6) is 5.75 Å². The number of nitrogens with one attached hydrogen (secondary N) is 1. The van der Waals surface area contributed by atoms with Gasteiger partial charge in [-0.1, -0.05) is 54.9 Å². The van der Waals surface area contributed by atoms with Crippen LogP contribution in [0, 0.1) is 11.3 Å². The molecule has 5 heteroatoms. The van der Waals surface area contributed by atoms with Crippen molar-refractivity contribution >= 4 is 23.2 Å². The van der Waals surface area contributed by atoms with E-state index in [1.807, 2.05) is 18.2 Å². The number of allylic oxidation sites excluding steroid dienone is 1. The Morgan fingerprint density at radius 2 is 1.90 bits per heavy atom. The molecule has 4 rings (SSSR count). The first-order valence-corrected chi connectivity index (χ1v) is 11.0. The lowest BCUT2D eigenvalue weighted by molar-refractivity contribution is 0.0837. The molecule has 2 aromatic carbocycles. The molecule has 0 amide bonds. The first kappa shape index (κ1) is 20.6. The van der Waals surface area contributed by atoms with Gasteiger partial charge in [-0.2, -0.15) is 0 Å². The van der Waals surface area contributed by atoms with E-state index in [2.05, 4.69) is 31.0 Å². The monoisotopic (exact) mass is 431 g/mol. The molecule has 5 atom stereocenters. The van der Waals surface area contributed by atoms with Gasteiger partial charge in [0.2, 0.25) is 0 Å². The molecule has 0 bridgehead atoms. The summed E-state index contributed by atoms with van der Waals surface area (Å²) in [6, 6.07) is 13.3. The lowest BCUT2D eigenvalue weighted by Crippen LogP contribution is -2.44. The van der Waals surface area contributed by atoms with Crippen LogP contribution in [0.25, 0.3) is 0 Å². The fraction of sp³-hybridized carbons (Fsp3) is 0.417. The van der Waals surface area contributed by atoms with Crippen molar-refractivity contribution in [3.63, 3.8) is 0 Å². The molecule has 3 N–H and O–H groups in total. The van der Waals surface area contributed by atoms with Crippen LogP contribution in [0.2, 0.25) is 10.0 Å². The lowest BCUT2D eigenvalue weighted by atomic mass is 9.54. The highest BCUT2D eigenvalue weighted by Crippen LogP contribution is 2.62. The van der Waals surface area contributed by atoms with Gasteiger partial charge in [0.15, 0.2) is 0 Å². The first-order valence-electron chi connectivity index (χ1n) is 10.2. The Hall–Kier alpha value is -1.68. The molecule has 1 aliphatic carbocycles. The number of halogens is 2. The topological polar surface area (TPSA) is 52.5 Å². The summed E-state index contributed by atoms with van der Waals surface area (Å²) in [5, 5.41) is 24.8. The van der Waals surface area contributed by atoms with E-state index in [9.17, 15) is 10.2 Å². The molecule has 1 heterocycles. The molecule has 0 spiro atoms. The van der Waals surface area contributed by atoms with Crippen molar-refractivity contribution in [2.75, 3.05) is 6.61 Å². The fourth-order valence-electron chi connectivity index (χ4n) is 5.87. The number of aliphatic hydroxyl groups is 1. The van der Waals surface area contributed by atoms with Gasteiger partial charge < -0.3 is 15.5 Å². The van der Waals surface area contributed by atoms with E-state index in [-0.39, 0.29) is 41.6 Å². The van der Waals surface area contributed by atoms with Crippen LogP contribution in [0.3, 0.4) is 0 Å². The summed E-state index contributed by atoms with van der Waals surface area (Å²) in [4.78, 5) is 0. The number of hydrogen-bond donors (Lipinski definition) is 3. The van der Waals surface area contributed by atoms with Gasteiger partial charge in [-0.15, -0.1) is 0 Å². The summed E-state index contributed by atoms with van der Waals surface area (Å²) in [6.45, 7) is 6.62. The first-order chi connectivity index (χ1) is 13.9. The molecule has 2 aliphatic rings. The van der Waals surface area contributed by atoms with Gasteiger partial charge in [-0.25, -0.2) is 0 Å². The van der Waals surface area contributed by atoms with Crippen molar-refractivity contribution in [3.05, 3.63) is 75.9 Å². The van der Waals surface area contributed by atoms with Crippen LogP contribution in [0.15, 0.2) is 54.7 Å². The van der Waals surface area contributed by atoms with Crippen LogP contribution in [-0.4, -0.2) is 22.9 Å². The second-order valence-corrected chi connectivity index (χ2v) is 9.22. The van der Waals surface area contributed by atoms with Gasteiger partial charge >= 0.3 is 0 Å². The Morgan fingerprint density at radius 1 is 1.17 bits per heavy atom. The Balaban J connectivity index is 1.88. The van der Waals surface area contributed by atoms with E-state index < -0.39 is 0 Å². The van der Waals surface area contributed by atoms with E-state index >= 15 is 0 Å². The van der Waals surface area contributed by atoms with Gasteiger partial charge in [0.25, 0.3) is 0 Å². The zero-order valence-corrected chi connectivity index (χ0v) is 18.0. The second kappa shape index (κ2) is 7.86. The maximum atomic E-state index is 10.2. The van der Waals surface area contributed by atoms with Crippen molar-refractivity contribution in [1.82, 2.24) is 5.32 Å². The normalized spacial score (nSPS) is 31.4. The highest BCUT2D eigenvalue weighted by molar-refractivity contribution is 6.31. The molecule has 0 radical (unpaired) electrons. The van der Waals surface area contributed by atoms with E-state index in [4.69, 9.17) is 23.2 Å². The molecule has 2 aromatic rings. The third-order valence-electron chi connectivity index (χ3n) is 7.22. The molecule has 0 unspecified atom stereocenters. The van der Waals surface area contributed by atoms with Crippen molar-refractivity contribution < 1.29 is 10.2 Å². The van der Waals surface area contributed by atoms with E-state index in [0.717, 1.165) is 30.5 Å². The lowest BCUT2D eigenvalue weighted by Gasteiger charge is -2.49. The second-order valence-electron chi connectivity index (χ2n) is 8.38. The SMILES string of the molecule is C=C1N[C@H](CO)[C@H]2[C@@H](c3ccc(Cl)cc3)[C@H](c3ccc(O)cc3Cl)CC[C@@]12CC. The summed E-state index contributed by atoms with van der Waals surface area (Å²) >= 11 is 12.8. The number of aliphatic hydroxyl groups excluding tert-OH is 1. The Labute approximate surface area is 182 Å². The summed E-state index contributed by atoms with van der Waals surface area (Å²) in [5.41, 5.74) is 3.22. The Morgan fingerprint density at radius 3 is 2.52 bits per heavy atom. The van der Waals surface area contributed by atoms with Crippen LogP contribution in [0.4, 0.5) is 0 Å². The van der Waals surface area contributed by atoms with E-state index in [1.54, 1.807) is 12.1 Å². The molecule has 1 saturated heterocycles. The van der Waals surface area contributed by atoms with Crippen molar-refractivity contribution in [1.29, 1.82) is 0 Å². The number of hydrogen-bond acceptors (Lipinski definition) is 3. The summed E-state index contributed by atoms with van der Waals surface area (Å²) < 4.78 is 0. The molecular formula is C24H27Cl2NO2. The third kappa shape index (κ3) is 3.34. The van der Waals surface area contributed by atoms with Crippen LogP contribution < -0.4 is 5.32 Å². The quantitative estimate of drug-likeness (QED) is 0.568. The minimum absolute atomic E-state index is 0.0539. The van der Waals surface area contributed by atoms with Gasteiger partial charge in [0.05, 0.1) is 12.6 Å². The number of phenolic OH excluding ortho intramolecular Hbond substituents is 1. The summed E-state index contributed by atoms with van der Waals surface area (Å²) in [7, 11) is 0. The smallest absolute Gasteiger partial charge is 0.117 e. The number of fused-ring (bicyclic) bond motifs is 1. The standard InChI is InChI=1S/C24H27Cl2NO2/c1-3-24-11-10-19(18-9-8-17(29)12-20(18)26)22(15-4-6-16(25)7-5-15)23(24)21(13-28)27-14(24)2/h4-9,12,19,21-23,27-29H,2-3,10-11,13H2,1H3/t19-,21+,22-,23-,24-/m0/s1. The Kier molecular flexibility index (Phi) is 5.58. The van der Waals surface area contributed by atoms with Crippen LogP contribution in [-0.2, 0) is 0 Å². The minimum atomic E-state index is -0.0579. The largest absolute Gasteiger partial charge is 0.508 e. The van der Waals surface area contributed by atoms with E-state index in [0.29, 0.717) is 10.0 Å². The zero-order chi connectivity index (χ0) is 20.8. The van der Waals surface area contributed by atoms with Crippen molar-refractivity contribution in [3.8, 4) is 5.75 Å². The predicted molar refractivity (Wildman–Crippen MR) is 119 cm³/mol. The molecule has 1 aliphatic heterocycles. The molecular weight excluding hydrogens is 405 g/mol. The van der Waals surface area contributed by atoms with E-state index in [1.165, 1.54) is 5.56 Å². The van der Waals surface area contributed by atoms with Crippen molar-refractivity contribution in [2.45, 2.75) is 44.1 Å².